The molecule has 1 aliphatic rings. The number of hydrogen-bond donors (Lipinski definition) is 2. The van der Waals surface area contributed by atoms with E-state index in [9.17, 15) is 4.79 Å². The van der Waals surface area contributed by atoms with Gasteiger partial charge < -0.3 is 15.4 Å². The Balaban J connectivity index is 1.91. The van der Waals surface area contributed by atoms with Crippen molar-refractivity contribution in [1.29, 1.82) is 0 Å². The van der Waals surface area contributed by atoms with Gasteiger partial charge in [-0.3, -0.25) is 4.79 Å². The summed E-state index contributed by atoms with van der Waals surface area (Å²) in [6.07, 6.45) is 2.91. The fourth-order valence-corrected chi connectivity index (χ4v) is 2.16. The van der Waals surface area contributed by atoms with E-state index in [0.717, 1.165) is 22.3 Å². The number of benzene rings is 1. The highest BCUT2D eigenvalue weighted by Gasteiger charge is 2.20. The van der Waals surface area contributed by atoms with Gasteiger partial charge in [0.2, 0.25) is 5.91 Å². The third-order valence-electron chi connectivity index (χ3n) is 3.05. The van der Waals surface area contributed by atoms with Crippen molar-refractivity contribution in [2.24, 2.45) is 0 Å². The van der Waals surface area contributed by atoms with Crippen molar-refractivity contribution in [1.82, 2.24) is 10.6 Å². The highest BCUT2D eigenvalue weighted by atomic mass is 79.9. The Morgan fingerprint density at radius 1 is 1.47 bits per heavy atom. The molecule has 4 nitrogen and oxygen atoms in total. The van der Waals surface area contributed by atoms with Gasteiger partial charge >= 0.3 is 0 Å². The molecule has 0 radical (unpaired) electrons. The SMILES string of the molecule is CNC(=O)CCOc1ccc(Br)cc1CNC1CC1. The molecule has 0 bridgehead atoms. The molecular formula is C14H19BrN2O2. The first-order valence-corrected chi connectivity index (χ1v) is 7.33. The predicted octanol–water partition coefficient (Wildman–Crippen LogP) is 2.22. The molecular weight excluding hydrogens is 308 g/mol. The summed E-state index contributed by atoms with van der Waals surface area (Å²) in [5, 5.41) is 6.06. The van der Waals surface area contributed by atoms with Gasteiger partial charge in [-0.05, 0) is 31.0 Å². The van der Waals surface area contributed by atoms with Crippen molar-refractivity contribution in [3.63, 3.8) is 0 Å². The molecule has 0 saturated heterocycles. The van der Waals surface area contributed by atoms with Crippen molar-refractivity contribution in [2.75, 3.05) is 13.7 Å². The number of nitrogens with one attached hydrogen (secondary N) is 2. The summed E-state index contributed by atoms with van der Waals surface area (Å²) >= 11 is 3.47. The Morgan fingerprint density at radius 2 is 2.26 bits per heavy atom. The molecule has 19 heavy (non-hydrogen) atoms. The second-order valence-electron chi connectivity index (χ2n) is 4.68. The van der Waals surface area contributed by atoms with Gasteiger partial charge in [0, 0.05) is 29.7 Å². The summed E-state index contributed by atoms with van der Waals surface area (Å²) < 4.78 is 6.74. The van der Waals surface area contributed by atoms with E-state index in [4.69, 9.17) is 4.74 Å². The summed E-state index contributed by atoms with van der Waals surface area (Å²) in [6.45, 7) is 1.21. The number of halogens is 1. The molecule has 0 aliphatic heterocycles. The van der Waals surface area contributed by atoms with Gasteiger partial charge in [-0.1, -0.05) is 15.9 Å². The van der Waals surface area contributed by atoms with E-state index >= 15 is 0 Å². The third kappa shape index (κ3) is 4.84. The van der Waals surface area contributed by atoms with Crippen LogP contribution in [0.2, 0.25) is 0 Å². The van der Waals surface area contributed by atoms with E-state index < -0.39 is 0 Å². The molecule has 0 heterocycles. The van der Waals surface area contributed by atoms with Gasteiger partial charge in [-0.25, -0.2) is 0 Å². The van der Waals surface area contributed by atoms with E-state index in [-0.39, 0.29) is 5.91 Å². The lowest BCUT2D eigenvalue weighted by Gasteiger charge is -2.12. The van der Waals surface area contributed by atoms with Crippen molar-refractivity contribution in [3.05, 3.63) is 28.2 Å². The summed E-state index contributed by atoms with van der Waals surface area (Å²) in [5.41, 5.74) is 1.12. The average Bonchev–Trinajstić information content (AvgIpc) is 3.22. The van der Waals surface area contributed by atoms with Crippen LogP contribution in [0.25, 0.3) is 0 Å². The van der Waals surface area contributed by atoms with Gasteiger partial charge in [0.1, 0.15) is 5.75 Å². The second-order valence-corrected chi connectivity index (χ2v) is 5.59. The van der Waals surface area contributed by atoms with Gasteiger partial charge in [0.15, 0.2) is 0 Å². The van der Waals surface area contributed by atoms with Crippen LogP contribution in [0.1, 0.15) is 24.8 Å². The van der Waals surface area contributed by atoms with Crippen LogP contribution in [-0.2, 0) is 11.3 Å². The maximum atomic E-state index is 11.2. The maximum absolute atomic E-state index is 11.2. The van der Waals surface area contributed by atoms with Crippen molar-refractivity contribution >= 4 is 21.8 Å². The van der Waals surface area contributed by atoms with Crippen LogP contribution in [0, 0.1) is 0 Å². The topological polar surface area (TPSA) is 50.4 Å². The van der Waals surface area contributed by atoms with Gasteiger partial charge in [-0.15, -0.1) is 0 Å². The van der Waals surface area contributed by atoms with Crippen molar-refractivity contribution in [3.8, 4) is 5.75 Å². The molecule has 1 aromatic rings. The fourth-order valence-electron chi connectivity index (χ4n) is 1.75. The van der Waals surface area contributed by atoms with E-state index in [1.807, 2.05) is 12.1 Å². The molecule has 0 unspecified atom stereocenters. The molecule has 104 valence electrons. The first kappa shape index (κ1) is 14.3. The molecule has 1 saturated carbocycles. The normalized spacial score (nSPS) is 14.2. The number of carbonyl (C=O) groups is 1. The minimum Gasteiger partial charge on any atom is -0.493 e. The highest BCUT2D eigenvalue weighted by Crippen LogP contribution is 2.25. The molecule has 1 aromatic carbocycles. The fraction of sp³-hybridized carbons (Fsp3) is 0.500. The summed E-state index contributed by atoms with van der Waals surface area (Å²) in [4.78, 5) is 11.2. The van der Waals surface area contributed by atoms with Crippen LogP contribution < -0.4 is 15.4 Å². The van der Waals surface area contributed by atoms with Crippen molar-refractivity contribution < 1.29 is 9.53 Å². The van der Waals surface area contributed by atoms with E-state index in [2.05, 4.69) is 32.6 Å². The smallest absolute Gasteiger partial charge is 0.223 e. The summed E-state index contributed by atoms with van der Waals surface area (Å²) in [7, 11) is 1.63. The number of ether oxygens (including phenoxy) is 1. The van der Waals surface area contributed by atoms with Crippen LogP contribution >= 0.6 is 15.9 Å². The zero-order valence-electron chi connectivity index (χ0n) is 11.0. The molecule has 1 fully saturated rings. The molecule has 1 aliphatic carbocycles. The minimum atomic E-state index is -0.00485. The standard InChI is InChI=1S/C14H19BrN2O2/c1-16-14(18)6-7-19-13-5-2-11(15)8-10(13)9-17-12-3-4-12/h2,5,8,12,17H,3-4,6-7,9H2,1H3,(H,16,18). The Hall–Kier alpha value is -1.07. The first-order valence-electron chi connectivity index (χ1n) is 6.54. The zero-order chi connectivity index (χ0) is 13.7. The Morgan fingerprint density at radius 3 is 2.95 bits per heavy atom. The third-order valence-corrected chi connectivity index (χ3v) is 3.54. The Bertz CT molecular complexity index is 447. The number of carbonyl (C=O) groups excluding carboxylic acids is 1. The Kier molecular flexibility index (Phi) is 5.22. The van der Waals surface area contributed by atoms with E-state index in [1.165, 1.54) is 12.8 Å². The number of amides is 1. The molecule has 2 rings (SSSR count). The van der Waals surface area contributed by atoms with Crippen molar-refractivity contribution in [2.45, 2.75) is 31.8 Å². The quantitative estimate of drug-likeness (QED) is 0.807. The average molecular weight is 327 g/mol. The zero-order valence-corrected chi connectivity index (χ0v) is 12.6. The Labute approximate surface area is 122 Å². The number of hydrogen-bond acceptors (Lipinski definition) is 3. The summed E-state index contributed by atoms with van der Waals surface area (Å²) in [5.74, 6) is 0.843. The van der Waals surface area contributed by atoms with Crippen LogP contribution in [0.5, 0.6) is 5.75 Å². The second kappa shape index (κ2) is 6.91. The molecule has 5 heteroatoms. The van der Waals surface area contributed by atoms with E-state index in [1.54, 1.807) is 7.05 Å². The molecule has 2 N–H and O–H groups in total. The lowest BCUT2D eigenvalue weighted by Crippen LogP contribution is -2.20. The molecule has 0 aromatic heterocycles. The maximum Gasteiger partial charge on any atom is 0.223 e. The van der Waals surface area contributed by atoms with Crippen LogP contribution in [0.4, 0.5) is 0 Å². The lowest BCUT2D eigenvalue weighted by molar-refractivity contribution is -0.121. The summed E-state index contributed by atoms with van der Waals surface area (Å²) in [6, 6.07) is 6.62. The van der Waals surface area contributed by atoms with E-state index in [0.29, 0.717) is 19.1 Å². The van der Waals surface area contributed by atoms with Gasteiger partial charge in [-0.2, -0.15) is 0 Å². The molecule has 1 amide bonds. The molecule has 0 spiro atoms. The highest BCUT2D eigenvalue weighted by molar-refractivity contribution is 9.10. The van der Waals surface area contributed by atoms with Gasteiger partial charge in [0.05, 0.1) is 13.0 Å². The number of rotatable bonds is 7. The molecule has 0 atom stereocenters. The first-order chi connectivity index (χ1) is 9.19. The van der Waals surface area contributed by atoms with Crippen LogP contribution in [-0.4, -0.2) is 25.6 Å². The monoisotopic (exact) mass is 326 g/mol. The van der Waals surface area contributed by atoms with Gasteiger partial charge in [0.25, 0.3) is 0 Å². The van der Waals surface area contributed by atoms with Crippen LogP contribution in [0.15, 0.2) is 22.7 Å². The van der Waals surface area contributed by atoms with Crippen LogP contribution in [0.3, 0.4) is 0 Å². The lowest BCUT2D eigenvalue weighted by atomic mass is 10.2. The minimum absolute atomic E-state index is 0.00485. The largest absolute Gasteiger partial charge is 0.493 e. The predicted molar refractivity (Wildman–Crippen MR) is 78.2 cm³/mol.